The number of benzene rings is 1. The third-order valence-electron chi connectivity index (χ3n) is 3.20. The number of morpholine rings is 1. The molecule has 0 saturated carbocycles. The lowest BCUT2D eigenvalue weighted by Gasteiger charge is -2.29. The van der Waals surface area contributed by atoms with Crippen LogP contribution < -0.4 is 10.2 Å². The topological polar surface area (TPSA) is 44.7 Å². The highest BCUT2D eigenvalue weighted by molar-refractivity contribution is 5.50. The first-order valence-electron chi connectivity index (χ1n) is 6.74. The lowest BCUT2D eigenvalue weighted by molar-refractivity contribution is 0.122. The molecule has 0 aromatic heterocycles. The van der Waals surface area contributed by atoms with Gasteiger partial charge in [0, 0.05) is 26.2 Å². The van der Waals surface area contributed by atoms with E-state index < -0.39 is 0 Å². The molecule has 0 radical (unpaired) electrons. The van der Waals surface area contributed by atoms with Crippen LogP contribution in [-0.4, -0.2) is 44.6 Å². The molecule has 106 valence electrons. The van der Waals surface area contributed by atoms with E-state index in [-0.39, 0.29) is 12.4 Å². The Hall–Kier alpha value is -1.17. The van der Waals surface area contributed by atoms with Crippen molar-refractivity contribution in [2.75, 3.05) is 44.4 Å². The highest BCUT2D eigenvalue weighted by atomic mass is 19.1. The van der Waals surface area contributed by atoms with Crippen molar-refractivity contribution in [2.45, 2.75) is 13.0 Å². The monoisotopic (exact) mass is 268 g/mol. The summed E-state index contributed by atoms with van der Waals surface area (Å²) in [7, 11) is 0. The first-order chi connectivity index (χ1) is 9.31. The number of ether oxygens (including phenoxy) is 1. The smallest absolute Gasteiger partial charge is 0.146 e. The third kappa shape index (κ3) is 4.16. The molecule has 1 fully saturated rings. The zero-order chi connectivity index (χ0) is 13.5. The zero-order valence-electron chi connectivity index (χ0n) is 11.1. The molecule has 0 spiro atoms. The number of aliphatic hydroxyl groups is 1. The molecule has 0 atom stereocenters. The highest BCUT2D eigenvalue weighted by Crippen LogP contribution is 2.22. The van der Waals surface area contributed by atoms with E-state index in [1.165, 1.54) is 6.07 Å². The van der Waals surface area contributed by atoms with Crippen LogP contribution in [-0.2, 0) is 11.3 Å². The molecule has 4 nitrogen and oxygen atoms in total. The van der Waals surface area contributed by atoms with Crippen LogP contribution >= 0.6 is 0 Å². The number of anilines is 1. The minimum atomic E-state index is -0.180. The van der Waals surface area contributed by atoms with Crippen molar-refractivity contribution in [1.29, 1.82) is 0 Å². The number of halogens is 1. The van der Waals surface area contributed by atoms with Crippen molar-refractivity contribution in [3.63, 3.8) is 0 Å². The molecule has 1 aromatic carbocycles. The standard InChI is InChI=1S/C14H21FN2O2/c15-13-3-2-12(11-16-4-1-7-18)10-14(13)17-5-8-19-9-6-17/h2-3,10,16,18H,1,4-9,11H2. The fraction of sp³-hybridized carbons (Fsp3) is 0.571. The number of nitrogens with zero attached hydrogens (tertiary/aromatic N) is 1. The SMILES string of the molecule is OCCCNCc1ccc(F)c(N2CCOCC2)c1. The number of hydrogen-bond donors (Lipinski definition) is 2. The normalized spacial score (nSPS) is 15.8. The summed E-state index contributed by atoms with van der Waals surface area (Å²) in [4.78, 5) is 2.02. The molecule has 0 bridgehead atoms. The van der Waals surface area contributed by atoms with Crippen molar-refractivity contribution in [3.05, 3.63) is 29.6 Å². The van der Waals surface area contributed by atoms with Gasteiger partial charge in [0.25, 0.3) is 0 Å². The van der Waals surface area contributed by atoms with E-state index in [1.807, 2.05) is 11.0 Å². The summed E-state index contributed by atoms with van der Waals surface area (Å²) in [5.74, 6) is -0.180. The van der Waals surface area contributed by atoms with E-state index in [0.29, 0.717) is 25.4 Å². The van der Waals surface area contributed by atoms with E-state index in [0.717, 1.165) is 31.6 Å². The first-order valence-corrected chi connectivity index (χ1v) is 6.74. The minimum absolute atomic E-state index is 0.180. The molecule has 1 aromatic rings. The van der Waals surface area contributed by atoms with Crippen molar-refractivity contribution in [3.8, 4) is 0 Å². The van der Waals surface area contributed by atoms with Crippen molar-refractivity contribution < 1.29 is 14.2 Å². The maximum atomic E-state index is 13.9. The molecule has 19 heavy (non-hydrogen) atoms. The lowest BCUT2D eigenvalue weighted by Crippen LogP contribution is -2.36. The molecule has 0 aliphatic carbocycles. The predicted molar refractivity (Wildman–Crippen MR) is 72.8 cm³/mol. The van der Waals surface area contributed by atoms with Gasteiger partial charge in [0.15, 0.2) is 0 Å². The van der Waals surface area contributed by atoms with Crippen LogP contribution in [0.25, 0.3) is 0 Å². The molecule has 1 heterocycles. The molecular weight excluding hydrogens is 247 g/mol. The molecule has 5 heteroatoms. The molecule has 1 aliphatic heterocycles. The maximum Gasteiger partial charge on any atom is 0.146 e. The van der Waals surface area contributed by atoms with E-state index in [1.54, 1.807) is 6.07 Å². The van der Waals surface area contributed by atoms with Crippen LogP contribution in [0.4, 0.5) is 10.1 Å². The van der Waals surface area contributed by atoms with Crippen LogP contribution in [0.1, 0.15) is 12.0 Å². The summed E-state index contributed by atoms with van der Waals surface area (Å²) < 4.78 is 19.1. The van der Waals surface area contributed by atoms with Gasteiger partial charge in [-0.15, -0.1) is 0 Å². The number of rotatable bonds is 6. The second-order valence-electron chi connectivity index (χ2n) is 4.64. The molecule has 2 rings (SSSR count). The van der Waals surface area contributed by atoms with Gasteiger partial charge in [-0.05, 0) is 30.7 Å². The predicted octanol–water partition coefficient (Wildman–Crippen LogP) is 1.13. The van der Waals surface area contributed by atoms with Gasteiger partial charge in [0.2, 0.25) is 0 Å². The molecule has 2 N–H and O–H groups in total. The Bertz CT molecular complexity index is 395. The molecule has 1 aliphatic rings. The second-order valence-corrected chi connectivity index (χ2v) is 4.64. The summed E-state index contributed by atoms with van der Waals surface area (Å²) >= 11 is 0. The summed E-state index contributed by atoms with van der Waals surface area (Å²) in [6.45, 7) is 4.42. The van der Waals surface area contributed by atoms with E-state index in [9.17, 15) is 4.39 Å². The quantitative estimate of drug-likeness (QED) is 0.759. The van der Waals surface area contributed by atoms with Gasteiger partial charge in [0.05, 0.1) is 18.9 Å². The highest BCUT2D eigenvalue weighted by Gasteiger charge is 2.15. The van der Waals surface area contributed by atoms with E-state index in [2.05, 4.69) is 5.32 Å². The van der Waals surface area contributed by atoms with Crippen LogP contribution in [0.3, 0.4) is 0 Å². The maximum absolute atomic E-state index is 13.9. The third-order valence-corrected chi connectivity index (χ3v) is 3.20. The number of nitrogens with one attached hydrogen (secondary N) is 1. The zero-order valence-corrected chi connectivity index (χ0v) is 11.1. The Morgan fingerprint density at radius 2 is 2.11 bits per heavy atom. The summed E-state index contributed by atoms with van der Waals surface area (Å²) in [6, 6.07) is 5.21. The fourth-order valence-corrected chi connectivity index (χ4v) is 2.15. The van der Waals surface area contributed by atoms with E-state index in [4.69, 9.17) is 9.84 Å². The molecule has 1 saturated heterocycles. The Labute approximate surface area is 113 Å². The van der Waals surface area contributed by atoms with Gasteiger partial charge in [-0.2, -0.15) is 0 Å². The van der Waals surface area contributed by atoms with E-state index >= 15 is 0 Å². The van der Waals surface area contributed by atoms with Crippen LogP contribution in [0.2, 0.25) is 0 Å². The van der Waals surface area contributed by atoms with Gasteiger partial charge in [-0.25, -0.2) is 4.39 Å². The molecule has 0 amide bonds. The van der Waals surface area contributed by atoms with Gasteiger partial charge >= 0.3 is 0 Å². The fourth-order valence-electron chi connectivity index (χ4n) is 2.15. The largest absolute Gasteiger partial charge is 0.396 e. The summed E-state index contributed by atoms with van der Waals surface area (Å²) in [6.07, 6.45) is 0.734. The number of hydrogen-bond acceptors (Lipinski definition) is 4. The molecular formula is C14H21FN2O2. The average molecular weight is 268 g/mol. The van der Waals surface area contributed by atoms with Crippen molar-refractivity contribution >= 4 is 5.69 Å². The average Bonchev–Trinajstić information content (AvgIpc) is 2.46. The minimum Gasteiger partial charge on any atom is -0.396 e. The van der Waals surface area contributed by atoms with Crippen molar-refractivity contribution in [1.82, 2.24) is 5.32 Å². The van der Waals surface area contributed by atoms with Gasteiger partial charge in [-0.3, -0.25) is 0 Å². The Kier molecular flexibility index (Phi) is 5.57. The van der Waals surface area contributed by atoms with Crippen LogP contribution in [0.5, 0.6) is 0 Å². The number of aliphatic hydroxyl groups excluding tert-OH is 1. The summed E-state index contributed by atoms with van der Waals surface area (Å²) in [5, 5.41) is 11.9. The first kappa shape index (κ1) is 14.2. The lowest BCUT2D eigenvalue weighted by atomic mass is 10.1. The Morgan fingerprint density at radius 3 is 2.84 bits per heavy atom. The van der Waals surface area contributed by atoms with Crippen molar-refractivity contribution in [2.24, 2.45) is 0 Å². The van der Waals surface area contributed by atoms with Crippen LogP contribution in [0.15, 0.2) is 18.2 Å². The van der Waals surface area contributed by atoms with Gasteiger partial charge < -0.3 is 20.1 Å². The molecule has 0 unspecified atom stereocenters. The van der Waals surface area contributed by atoms with Gasteiger partial charge in [-0.1, -0.05) is 6.07 Å². The Morgan fingerprint density at radius 1 is 1.32 bits per heavy atom. The van der Waals surface area contributed by atoms with Crippen LogP contribution in [0, 0.1) is 5.82 Å². The Balaban J connectivity index is 1.97. The second kappa shape index (κ2) is 7.43. The van der Waals surface area contributed by atoms with Gasteiger partial charge in [0.1, 0.15) is 5.82 Å². The summed E-state index contributed by atoms with van der Waals surface area (Å²) in [5.41, 5.74) is 1.71.